The minimum atomic E-state index is -1.84. The Morgan fingerprint density at radius 3 is 2.40 bits per heavy atom. The summed E-state index contributed by atoms with van der Waals surface area (Å²) < 4.78 is 34.5. The molecule has 0 saturated carbocycles. The lowest BCUT2D eigenvalue weighted by Gasteiger charge is -2.39. The first-order valence-electron chi connectivity index (χ1n) is 13.1. The van der Waals surface area contributed by atoms with E-state index in [2.05, 4.69) is 13.8 Å². The molecule has 0 spiro atoms. The smallest absolute Gasteiger partial charge is 0.335 e. The molecular weight excluding hydrogens is 528 g/mol. The lowest BCUT2D eigenvalue weighted by Crippen LogP contribution is -2.61. The minimum absolute atomic E-state index is 0.148. The monoisotopic (exact) mass is 562 g/mol. The highest BCUT2D eigenvalue weighted by atomic mass is 16.7. The second kappa shape index (κ2) is 10.9. The molecule has 3 aliphatic heterocycles. The second-order valence-corrected chi connectivity index (χ2v) is 10.6. The molecule has 218 valence electrons. The number of carboxylic acid groups (broad SMARTS) is 1. The fourth-order valence-electron chi connectivity index (χ4n) is 5.49. The maximum Gasteiger partial charge on any atom is 0.335 e. The zero-order chi connectivity index (χ0) is 28.9. The molecule has 3 heterocycles. The standard InChI is InChI=1S/C28H34O12/c1-11(2)5-6-12-9-13(37-28-21(31)19(29)20(30)25(40-28)26(32)33)10-16-17(12)24-18(27(34)38-16)14-7-8-15(35-3)23(36-4)22(14)39-24/h7-11,18-21,24-25,27-31,34H,5-6H2,1-4H3,(H,32,33)/t18-,19-,20-,21+,24-,25-,27-,28+/m0/s1. The molecule has 0 unspecified atom stereocenters. The van der Waals surface area contributed by atoms with Crippen LogP contribution in [0.1, 0.15) is 49.0 Å². The van der Waals surface area contributed by atoms with Gasteiger partial charge in [-0.2, -0.15) is 0 Å². The fraction of sp³-hybridized carbons (Fsp3) is 0.536. The van der Waals surface area contributed by atoms with Gasteiger partial charge in [0.15, 0.2) is 17.6 Å². The third-order valence-corrected chi connectivity index (χ3v) is 7.56. The number of hydrogen-bond acceptors (Lipinski definition) is 11. The number of fused-ring (bicyclic) bond motifs is 5. The van der Waals surface area contributed by atoms with Gasteiger partial charge in [0.2, 0.25) is 18.3 Å². The third kappa shape index (κ3) is 4.79. The molecule has 12 nitrogen and oxygen atoms in total. The Balaban J connectivity index is 1.53. The number of methoxy groups -OCH3 is 2. The molecule has 5 rings (SSSR count). The van der Waals surface area contributed by atoms with Crippen molar-refractivity contribution in [3.05, 3.63) is 41.0 Å². The van der Waals surface area contributed by atoms with Crippen LogP contribution in [0, 0.1) is 5.92 Å². The molecule has 3 aliphatic rings. The first kappa shape index (κ1) is 28.2. The summed E-state index contributed by atoms with van der Waals surface area (Å²) in [6.07, 6.45) is -9.30. The molecule has 0 aromatic heterocycles. The molecule has 2 aromatic carbocycles. The maximum atomic E-state index is 11.5. The topological polar surface area (TPSA) is 174 Å². The molecule has 40 heavy (non-hydrogen) atoms. The van der Waals surface area contributed by atoms with Crippen LogP contribution in [0.15, 0.2) is 24.3 Å². The summed E-state index contributed by atoms with van der Waals surface area (Å²) in [5.74, 6) is 0.0588. The van der Waals surface area contributed by atoms with Crippen LogP contribution in [0.25, 0.3) is 0 Å². The maximum absolute atomic E-state index is 11.5. The fourth-order valence-corrected chi connectivity index (χ4v) is 5.49. The molecule has 0 radical (unpaired) electrons. The van der Waals surface area contributed by atoms with Crippen molar-refractivity contribution in [2.45, 2.75) is 75.7 Å². The van der Waals surface area contributed by atoms with Gasteiger partial charge in [0.25, 0.3) is 0 Å². The van der Waals surface area contributed by atoms with Crippen molar-refractivity contribution >= 4 is 5.97 Å². The van der Waals surface area contributed by atoms with Gasteiger partial charge in [-0.05, 0) is 36.5 Å². The molecule has 2 aromatic rings. The molecule has 0 aliphatic carbocycles. The first-order valence-corrected chi connectivity index (χ1v) is 13.1. The van der Waals surface area contributed by atoms with Gasteiger partial charge in [-0.1, -0.05) is 19.9 Å². The summed E-state index contributed by atoms with van der Waals surface area (Å²) in [7, 11) is 3.03. The number of aliphatic hydroxyl groups is 4. The van der Waals surface area contributed by atoms with E-state index >= 15 is 0 Å². The summed E-state index contributed by atoms with van der Waals surface area (Å²) in [6, 6.07) is 6.76. The van der Waals surface area contributed by atoms with E-state index in [4.69, 9.17) is 28.4 Å². The summed E-state index contributed by atoms with van der Waals surface area (Å²) >= 11 is 0. The van der Waals surface area contributed by atoms with Crippen LogP contribution in [-0.4, -0.2) is 82.7 Å². The summed E-state index contributed by atoms with van der Waals surface area (Å²) in [6.45, 7) is 4.17. The molecule has 0 bridgehead atoms. The Bertz CT molecular complexity index is 1260. The van der Waals surface area contributed by atoms with E-state index < -0.39 is 55.0 Å². The van der Waals surface area contributed by atoms with Crippen LogP contribution in [-0.2, 0) is 16.0 Å². The predicted octanol–water partition coefficient (Wildman–Crippen LogP) is 1.49. The number of benzene rings is 2. The Hall–Kier alpha value is -3.29. The van der Waals surface area contributed by atoms with Crippen LogP contribution in [0.3, 0.4) is 0 Å². The van der Waals surface area contributed by atoms with Gasteiger partial charge in [-0.3, -0.25) is 0 Å². The number of aryl methyl sites for hydroxylation is 1. The number of ether oxygens (including phenoxy) is 6. The number of aliphatic hydroxyl groups excluding tert-OH is 4. The van der Waals surface area contributed by atoms with E-state index in [1.165, 1.54) is 20.3 Å². The number of hydrogen-bond donors (Lipinski definition) is 5. The second-order valence-electron chi connectivity index (χ2n) is 10.6. The summed E-state index contributed by atoms with van der Waals surface area (Å²) in [5, 5.41) is 51.1. The van der Waals surface area contributed by atoms with Crippen molar-refractivity contribution in [1.82, 2.24) is 0 Å². The highest BCUT2D eigenvalue weighted by molar-refractivity contribution is 5.73. The van der Waals surface area contributed by atoms with Crippen LogP contribution in [0.2, 0.25) is 0 Å². The Morgan fingerprint density at radius 1 is 1.00 bits per heavy atom. The van der Waals surface area contributed by atoms with Crippen LogP contribution < -0.4 is 23.7 Å². The molecule has 1 fully saturated rings. The Kier molecular flexibility index (Phi) is 7.73. The zero-order valence-corrected chi connectivity index (χ0v) is 22.5. The van der Waals surface area contributed by atoms with Crippen molar-refractivity contribution in [1.29, 1.82) is 0 Å². The lowest BCUT2D eigenvalue weighted by molar-refractivity contribution is -0.271. The van der Waals surface area contributed by atoms with Crippen molar-refractivity contribution in [2.24, 2.45) is 5.92 Å². The van der Waals surface area contributed by atoms with E-state index in [1.54, 1.807) is 12.1 Å². The highest BCUT2D eigenvalue weighted by Crippen LogP contribution is 2.58. The molecule has 1 saturated heterocycles. The summed E-state index contributed by atoms with van der Waals surface area (Å²) in [5.41, 5.74) is 2.22. The average Bonchev–Trinajstić information content (AvgIpc) is 3.31. The lowest BCUT2D eigenvalue weighted by atomic mass is 9.84. The van der Waals surface area contributed by atoms with Gasteiger partial charge >= 0.3 is 5.97 Å². The first-order chi connectivity index (χ1) is 19.0. The minimum Gasteiger partial charge on any atom is -0.493 e. The molecule has 12 heteroatoms. The quantitative estimate of drug-likeness (QED) is 0.314. The van der Waals surface area contributed by atoms with Gasteiger partial charge in [0.05, 0.1) is 20.1 Å². The van der Waals surface area contributed by atoms with Gasteiger partial charge < -0.3 is 54.0 Å². The normalized spacial score (nSPS) is 30.4. The molecule has 5 N–H and O–H groups in total. The van der Waals surface area contributed by atoms with Crippen LogP contribution in [0.5, 0.6) is 28.7 Å². The number of carbonyl (C=O) groups is 1. The van der Waals surface area contributed by atoms with Crippen molar-refractivity contribution < 1.29 is 58.7 Å². The highest BCUT2D eigenvalue weighted by Gasteiger charge is 2.50. The zero-order valence-electron chi connectivity index (χ0n) is 22.5. The van der Waals surface area contributed by atoms with E-state index in [9.17, 15) is 30.3 Å². The summed E-state index contributed by atoms with van der Waals surface area (Å²) in [4.78, 5) is 11.5. The van der Waals surface area contributed by atoms with E-state index in [0.29, 0.717) is 40.7 Å². The molecular formula is C28H34O12. The largest absolute Gasteiger partial charge is 0.493 e. The van der Waals surface area contributed by atoms with E-state index in [1.807, 2.05) is 6.07 Å². The third-order valence-electron chi connectivity index (χ3n) is 7.56. The van der Waals surface area contributed by atoms with Gasteiger partial charge in [0, 0.05) is 17.2 Å². The van der Waals surface area contributed by atoms with Gasteiger partial charge in [0.1, 0.15) is 35.9 Å². The molecule has 8 atom stereocenters. The predicted molar refractivity (Wildman–Crippen MR) is 137 cm³/mol. The van der Waals surface area contributed by atoms with Crippen molar-refractivity contribution in [3.8, 4) is 28.7 Å². The van der Waals surface area contributed by atoms with Gasteiger partial charge in [-0.15, -0.1) is 0 Å². The number of carboxylic acids is 1. The van der Waals surface area contributed by atoms with Crippen molar-refractivity contribution in [3.63, 3.8) is 0 Å². The van der Waals surface area contributed by atoms with E-state index in [-0.39, 0.29) is 11.5 Å². The SMILES string of the molecule is COc1ccc2c(c1OC)O[C@H]1c3c(CCC(C)C)cc(O[C@@H]4O[C@H](C(=O)O)[C@@H](O)[C@H](O)[C@H]4O)cc3O[C@H](O)[C@@H]21. The average molecular weight is 563 g/mol. The molecule has 0 amide bonds. The number of rotatable bonds is 8. The van der Waals surface area contributed by atoms with Crippen LogP contribution in [0.4, 0.5) is 0 Å². The van der Waals surface area contributed by atoms with Crippen molar-refractivity contribution in [2.75, 3.05) is 14.2 Å². The Morgan fingerprint density at radius 2 is 1.75 bits per heavy atom. The van der Waals surface area contributed by atoms with E-state index in [0.717, 1.165) is 12.0 Å². The van der Waals surface area contributed by atoms with Crippen LogP contribution >= 0.6 is 0 Å². The van der Waals surface area contributed by atoms with Gasteiger partial charge in [-0.25, -0.2) is 4.79 Å². The Labute approximate surface area is 230 Å². The number of aliphatic carboxylic acids is 1.